The molecule has 0 fully saturated rings. The number of rotatable bonds is 2. The number of hydrogen-bond acceptors (Lipinski definition) is 5. The molecule has 102 valence electrons. The fraction of sp³-hybridized carbons (Fsp3) is 0.500. The molecule has 0 aliphatic carbocycles. The number of aromatic nitrogens is 3. The van der Waals surface area contributed by atoms with Gasteiger partial charge in [-0.1, -0.05) is 20.8 Å². The molecule has 2 rings (SSSR count). The topological polar surface area (TPSA) is 58.9 Å². The van der Waals surface area contributed by atoms with Gasteiger partial charge in [0.25, 0.3) is 0 Å². The predicted octanol–water partition coefficient (Wildman–Crippen LogP) is 3.13. The molecule has 2 heterocycles. The predicted molar refractivity (Wildman–Crippen MR) is 77.1 cm³/mol. The monoisotopic (exact) mass is 277 g/mol. The second-order valence-electron chi connectivity index (χ2n) is 6.10. The van der Waals surface area contributed by atoms with E-state index < -0.39 is 5.60 Å². The standard InChI is InChI=1S/C14H19N3OS/c1-13(2,3)10-11(14(4,5)18)19-12(17-10)9-8-15-6-7-16-9/h6-8,18H,1-5H3. The highest BCUT2D eigenvalue weighted by molar-refractivity contribution is 7.15. The lowest BCUT2D eigenvalue weighted by Gasteiger charge is -2.23. The lowest BCUT2D eigenvalue weighted by molar-refractivity contribution is 0.0803. The Morgan fingerprint density at radius 3 is 2.21 bits per heavy atom. The molecule has 0 unspecified atom stereocenters. The van der Waals surface area contributed by atoms with Crippen LogP contribution in [-0.4, -0.2) is 20.1 Å². The van der Waals surface area contributed by atoms with Crippen LogP contribution in [0.2, 0.25) is 0 Å². The van der Waals surface area contributed by atoms with E-state index in [1.807, 2.05) is 0 Å². The van der Waals surface area contributed by atoms with Gasteiger partial charge in [0.1, 0.15) is 10.7 Å². The van der Waals surface area contributed by atoms with Crippen molar-refractivity contribution >= 4 is 11.3 Å². The average Bonchev–Trinajstić information content (AvgIpc) is 2.74. The van der Waals surface area contributed by atoms with Crippen molar-refractivity contribution in [2.24, 2.45) is 0 Å². The van der Waals surface area contributed by atoms with E-state index in [2.05, 4.69) is 35.7 Å². The quantitative estimate of drug-likeness (QED) is 0.916. The Morgan fingerprint density at radius 2 is 1.79 bits per heavy atom. The maximum absolute atomic E-state index is 10.3. The van der Waals surface area contributed by atoms with E-state index in [4.69, 9.17) is 0 Å². The van der Waals surface area contributed by atoms with Crippen LogP contribution in [-0.2, 0) is 11.0 Å². The highest BCUT2D eigenvalue weighted by Gasteiger charge is 2.31. The van der Waals surface area contributed by atoms with Crippen molar-refractivity contribution in [3.63, 3.8) is 0 Å². The summed E-state index contributed by atoms with van der Waals surface area (Å²) < 4.78 is 0. The maximum Gasteiger partial charge on any atom is 0.144 e. The van der Waals surface area contributed by atoms with Crippen molar-refractivity contribution in [2.75, 3.05) is 0 Å². The molecule has 0 saturated carbocycles. The molecular weight excluding hydrogens is 258 g/mol. The molecule has 4 nitrogen and oxygen atoms in total. The molecule has 1 N–H and O–H groups in total. The molecule has 0 amide bonds. The molecule has 0 radical (unpaired) electrons. The van der Waals surface area contributed by atoms with Gasteiger partial charge in [0.05, 0.1) is 22.4 Å². The first-order valence-electron chi connectivity index (χ1n) is 6.20. The Balaban J connectivity index is 2.59. The highest BCUT2D eigenvalue weighted by Crippen LogP contribution is 2.39. The summed E-state index contributed by atoms with van der Waals surface area (Å²) >= 11 is 1.48. The van der Waals surface area contributed by atoms with E-state index in [-0.39, 0.29) is 5.41 Å². The van der Waals surface area contributed by atoms with Gasteiger partial charge in [-0.25, -0.2) is 4.98 Å². The fourth-order valence-corrected chi connectivity index (χ4v) is 3.00. The number of aliphatic hydroxyl groups is 1. The van der Waals surface area contributed by atoms with Crippen molar-refractivity contribution in [1.82, 2.24) is 15.0 Å². The van der Waals surface area contributed by atoms with E-state index in [0.29, 0.717) is 0 Å². The molecule has 0 saturated heterocycles. The van der Waals surface area contributed by atoms with E-state index >= 15 is 0 Å². The van der Waals surface area contributed by atoms with Gasteiger partial charge in [-0.05, 0) is 13.8 Å². The molecule has 2 aromatic rings. The summed E-state index contributed by atoms with van der Waals surface area (Å²) in [7, 11) is 0. The zero-order valence-electron chi connectivity index (χ0n) is 11.9. The van der Waals surface area contributed by atoms with Crippen molar-refractivity contribution in [2.45, 2.75) is 45.6 Å². The number of thiazole rings is 1. The maximum atomic E-state index is 10.3. The normalized spacial score (nSPS) is 12.7. The molecule has 5 heteroatoms. The van der Waals surface area contributed by atoms with Crippen LogP contribution < -0.4 is 0 Å². The summed E-state index contributed by atoms with van der Waals surface area (Å²) in [5.41, 5.74) is 0.645. The number of nitrogens with zero attached hydrogens (tertiary/aromatic N) is 3. The largest absolute Gasteiger partial charge is 0.385 e. The summed E-state index contributed by atoms with van der Waals surface area (Å²) in [6.45, 7) is 9.86. The van der Waals surface area contributed by atoms with Crippen LogP contribution in [0, 0.1) is 0 Å². The molecular formula is C14H19N3OS. The van der Waals surface area contributed by atoms with Gasteiger partial charge in [-0.3, -0.25) is 9.97 Å². The summed E-state index contributed by atoms with van der Waals surface area (Å²) in [5.74, 6) is 0. The molecule has 0 atom stereocenters. The van der Waals surface area contributed by atoms with Crippen molar-refractivity contribution in [3.05, 3.63) is 29.2 Å². The van der Waals surface area contributed by atoms with Crippen LogP contribution in [0.4, 0.5) is 0 Å². The molecule has 0 bridgehead atoms. The third-order valence-electron chi connectivity index (χ3n) is 2.68. The van der Waals surface area contributed by atoms with Gasteiger partial charge in [-0.15, -0.1) is 11.3 Å². The minimum absolute atomic E-state index is 0.119. The first kappa shape index (κ1) is 14.1. The minimum Gasteiger partial charge on any atom is -0.385 e. The van der Waals surface area contributed by atoms with Gasteiger partial charge in [0.15, 0.2) is 0 Å². The second kappa shape index (κ2) is 4.65. The first-order chi connectivity index (χ1) is 8.69. The van der Waals surface area contributed by atoms with Gasteiger partial charge < -0.3 is 5.11 Å². The highest BCUT2D eigenvalue weighted by atomic mass is 32.1. The Hall–Kier alpha value is -1.33. The SMILES string of the molecule is CC(C)(C)c1nc(-c2cnccn2)sc1C(C)(C)O. The molecule has 0 aromatic carbocycles. The second-order valence-corrected chi connectivity index (χ2v) is 7.10. The minimum atomic E-state index is -0.902. The zero-order chi connectivity index (χ0) is 14.3. The van der Waals surface area contributed by atoms with Crippen LogP contribution in [0.1, 0.15) is 45.2 Å². The van der Waals surface area contributed by atoms with Crippen LogP contribution in [0.25, 0.3) is 10.7 Å². The van der Waals surface area contributed by atoms with E-state index in [1.165, 1.54) is 11.3 Å². The van der Waals surface area contributed by atoms with Gasteiger partial charge in [-0.2, -0.15) is 0 Å². The van der Waals surface area contributed by atoms with Gasteiger partial charge in [0.2, 0.25) is 0 Å². The Morgan fingerprint density at radius 1 is 1.11 bits per heavy atom. The van der Waals surface area contributed by atoms with Crippen molar-refractivity contribution < 1.29 is 5.11 Å². The van der Waals surface area contributed by atoms with Gasteiger partial charge in [0, 0.05) is 17.8 Å². The molecule has 2 aromatic heterocycles. The Kier molecular flexibility index (Phi) is 3.45. The zero-order valence-corrected chi connectivity index (χ0v) is 12.7. The Bertz CT molecular complexity index is 533. The summed E-state index contributed by atoms with van der Waals surface area (Å²) in [6, 6.07) is 0. The third kappa shape index (κ3) is 2.98. The molecule has 19 heavy (non-hydrogen) atoms. The van der Waals surface area contributed by atoms with Crippen LogP contribution in [0.5, 0.6) is 0 Å². The van der Waals surface area contributed by atoms with E-state index in [1.54, 1.807) is 32.4 Å². The molecule has 0 aliphatic heterocycles. The van der Waals surface area contributed by atoms with Crippen LogP contribution in [0.15, 0.2) is 18.6 Å². The lowest BCUT2D eigenvalue weighted by atomic mass is 9.88. The van der Waals surface area contributed by atoms with Crippen molar-refractivity contribution in [3.8, 4) is 10.7 Å². The van der Waals surface area contributed by atoms with Crippen LogP contribution in [0.3, 0.4) is 0 Å². The lowest BCUT2D eigenvalue weighted by Crippen LogP contribution is -2.22. The summed E-state index contributed by atoms with van der Waals surface area (Å²) in [5, 5.41) is 11.1. The fourth-order valence-electron chi connectivity index (χ4n) is 1.76. The smallest absolute Gasteiger partial charge is 0.144 e. The van der Waals surface area contributed by atoms with Crippen molar-refractivity contribution in [1.29, 1.82) is 0 Å². The molecule has 0 spiro atoms. The first-order valence-corrected chi connectivity index (χ1v) is 7.02. The summed E-state index contributed by atoms with van der Waals surface area (Å²) in [6.07, 6.45) is 4.98. The number of hydrogen-bond donors (Lipinski definition) is 1. The van der Waals surface area contributed by atoms with E-state index in [0.717, 1.165) is 21.3 Å². The molecule has 0 aliphatic rings. The summed E-state index contributed by atoms with van der Waals surface area (Å²) in [4.78, 5) is 13.9. The third-order valence-corrected chi connectivity index (χ3v) is 4.07. The average molecular weight is 277 g/mol. The van der Waals surface area contributed by atoms with E-state index in [9.17, 15) is 5.11 Å². The Labute approximate surface area is 117 Å². The van der Waals surface area contributed by atoms with Crippen LogP contribution >= 0.6 is 11.3 Å². The van der Waals surface area contributed by atoms with Gasteiger partial charge >= 0.3 is 0 Å².